The van der Waals surface area contributed by atoms with Crippen LogP contribution in [0.5, 0.6) is 0 Å². The van der Waals surface area contributed by atoms with Gasteiger partial charge in [0.1, 0.15) is 0 Å². The Labute approximate surface area is 104 Å². The SMILES string of the molecule is CCCNC(c1cnnn1C)C1(C)CCCC1. The number of aromatic nitrogens is 3. The molecule has 0 saturated heterocycles. The Morgan fingerprint density at radius 2 is 2.18 bits per heavy atom. The second kappa shape index (κ2) is 5.17. The molecular formula is C13H24N4. The first-order valence-electron chi connectivity index (χ1n) is 6.75. The maximum Gasteiger partial charge on any atom is 0.0758 e. The van der Waals surface area contributed by atoms with Gasteiger partial charge in [0.25, 0.3) is 0 Å². The molecule has 0 bridgehead atoms. The van der Waals surface area contributed by atoms with Crippen molar-refractivity contribution >= 4 is 0 Å². The van der Waals surface area contributed by atoms with Crippen molar-refractivity contribution in [1.82, 2.24) is 20.3 Å². The van der Waals surface area contributed by atoms with Gasteiger partial charge in [0.05, 0.1) is 17.9 Å². The molecule has 1 aliphatic carbocycles. The zero-order valence-electron chi connectivity index (χ0n) is 11.2. The van der Waals surface area contributed by atoms with Gasteiger partial charge in [-0.2, -0.15) is 0 Å². The largest absolute Gasteiger partial charge is 0.308 e. The summed E-state index contributed by atoms with van der Waals surface area (Å²) in [7, 11) is 1.99. The monoisotopic (exact) mass is 236 g/mol. The van der Waals surface area contributed by atoms with Gasteiger partial charge >= 0.3 is 0 Å². The lowest BCUT2D eigenvalue weighted by Crippen LogP contribution is -2.36. The third-order valence-electron chi connectivity index (χ3n) is 4.09. The van der Waals surface area contributed by atoms with E-state index >= 15 is 0 Å². The van der Waals surface area contributed by atoms with E-state index in [9.17, 15) is 0 Å². The average molecular weight is 236 g/mol. The topological polar surface area (TPSA) is 42.7 Å². The first-order valence-corrected chi connectivity index (χ1v) is 6.75. The average Bonchev–Trinajstić information content (AvgIpc) is 2.90. The summed E-state index contributed by atoms with van der Waals surface area (Å²) in [4.78, 5) is 0. The van der Waals surface area contributed by atoms with Crippen LogP contribution in [0.15, 0.2) is 6.20 Å². The van der Waals surface area contributed by atoms with Crippen LogP contribution in [0, 0.1) is 5.41 Å². The van der Waals surface area contributed by atoms with Crippen LogP contribution < -0.4 is 5.32 Å². The molecule has 1 aromatic heterocycles. The Kier molecular flexibility index (Phi) is 3.82. The lowest BCUT2D eigenvalue weighted by Gasteiger charge is -2.34. The van der Waals surface area contributed by atoms with Gasteiger partial charge in [-0.05, 0) is 31.2 Å². The fraction of sp³-hybridized carbons (Fsp3) is 0.846. The molecule has 1 aliphatic rings. The first kappa shape index (κ1) is 12.6. The Bertz CT molecular complexity index is 352. The van der Waals surface area contributed by atoms with Gasteiger partial charge in [-0.1, -0.05) is 31.9 Å². The maximum atomic E-state index is 4.07. The summed E-state index contributed by atoms with van der Waals surface area (Å²) in [6.45, 7) is 5.67. The van der Waals surface area contributed by atoms with Gasteiger partial charge in [0.2, 0.25) is 0 Å². The van der Waals surface area contributed by atoms with Crippen molar-refractivity contribution < 1.29 is 0 Å². The Morgan fingerprint density at radius 1 is 1.47 bits per heavy atom. The minimum absolute atomic E-state index is 0.366. The van der Waals surface area contributed by atoms with Crippen LogP contribution in [0.1, 0.15) is 57.7 Å². The van der Waals surface area contributed by atoms with E-state index < -0.39 is 0 Å². The highest BCUT2D eigenvalue weighted by Gasteiger charge is 2.38. The summed E-state index contributed by atoms with van der Waals surface area (Å²) in [5.74, 6) is 0. The van der Waals surface area contributed by atoms with Crippen molar-refractivity contribution in [2.45, 2.75) is 52.0 Å². The maximum absolute atomic E-state index is 4.07. The highest BCUT2D eigenvalue weighted by Crippen LogP contribution is 2.46. The van der Waals surface area contributed by atoms with Crippen LogP contribution in [-0.2, 0) is 7.05 Å². The highest BCUT2D eigenvalue weighted by atomic mass is 15.4. The number of hydrogen-bond donors (Lipinski definition) is 1. The second-order valence-electron chi connectivity index (χ2n) is 5.53. The predicted octanol–water partition coefficient (Wildman–Crippen LogP) is 2.44. The van der Waals surface area contributed by atoms with E-state index in [0.717, 1.165) is 13.0 Å². The van der Waals surface area contributed by atoms with Crippen molar-refractivity contribution in [3.63, 3.8) is 0 Å². The van der Waals surface area contributed by atoms with E-state index in [2.05, 4.69) is 29.5 Å². The molecule has 1 atom stereocenters. The molecule has 17 heavy (non-hydrogen) atoms. The first-order chi connectivity index (χ1) is 8.17. The molecule has 1 N–H and O–H groups in total. The van der Waals surface area contributed by atoms with E-state index in [1.165, 1.54) is 31.4 Å². The molecule has 0 amide bonds. The molecule has 0 aromatic carbocycles. The molecule has 96 valence electrons. The Balaban J connectivity index is 2.21. The van der Waals surface area contributed by atoms with Crippen LogP contribution in [-0.4, -0.2) is 21.5 Å². The van der Waals surface area contributed by atoms with Crippen LogP contribution >= 0.6 is 0 Å². The van der Waals surface area contributed by atoms with Gasteiger partial charge in [0, 0.05) is 7.05 Å². The highest BCUT2D eigenvalue weighted by molar-refractivity contribution is 5.09. The van der Waals surface area contributed by atoms with Crippen LogP contribution in [0.3, 0.4) is 0 Å². The molecule has 0 aliphatic heterocycles. The van der Waals surface area contributed by atoms with Gasteiger partial charge in [-0.3, -0.25) is 4.68 Å². The summed E-state index contributed by atoms with van der Waals surface area (Å²) in [5.41, 5.74) is 1.59. The lowest BCUT2D eigenvalue weighted by molar-refractivity contribution is 0.214. The molecular weight excluding hydrogens is 212 g/mol. The van der Waals surface area contributed by atoms with Crippen molar-refractivity contribution in [3.8, 4) is 0 Å². The van der Waals surface area contributed by atoms with Crippen molar-refractivity contribution in [2.75, 3.05) is 6.54 Å². The number of nitrogens with one attached hydrogen (secondary N) is 1. The van der Waals surface area contributed by atoms with E-state index in [-0.39, 0.29) is 0 Å². The summed E-state index contributed by atoms with van der Waals surface area (Å²) in [6.07, 6.45) is 8.39. The summed E-state index contributed by atoms with van der Waals surface area (Å²) >= 11 is 0. The second-order valence-corrected chi connectivity index (χ2v) is 5.53. The fourth-order valence-corrected chi connectivity index (χ4v) is 3.03. The van der Waals surface area contributed by atoms with Crippen molar-refractivity contribution in [1.29, 1.82) is 0 Å². The quantitative estimate of drug-likeness (QED) is 0.854. The van der Waals surface area contributed by atoms with Gasteiger partial charge in [0.15, 0.2) is 0 Å². The zero-order chi connectivity index (χ0) is 12.3. The lowest BCUT2D eigenvalue weighted by atomic mass is 9.79. The van der Waals surface area contributed by atoms with Crippen molar-refractivity contribution in [3.05, 3.63) is 11.9 Å². The minimum atomic E-state index is 0.366. The Hall–Kier alpha value is -0.900. The molecule has 2 rings (SSSR count). The smallest absolute Gasteiger partial charge is 0.0758 e. The van der Waals surface area contributed by atoms with Crippen molar-refractivity contribution in [2.24, 2.45) is 12.5 Å². The molecule has 4 nitrogen and oxygen atoms in total. The van der Waals surface area contributed by atoms with E-state index in [1.807, 2.05) is 17.9 Å². The van der Waals surface area contributed by atoms with E-state index in [4.69, 9.17) is 0 Å². The molecule has 1 fully saturated rings. The summed E-state index contributed by atoms with van der Waals surface area (Å²) in [5, 5.41) is 11.8. The summed E-state index contributed by atoms with van der Waals surface area (Å²) < 4.78 is 1.91. The number of nitrogens with zero attached hydrogens (tertiary/aromatic N) is 3. The van der Waals surface area contributed by atoms with Crippen LogP contribution in [0.4, 0.5) is 0 Å². The molecule has 0 radical (unpaired) electrons. The molecule has 1 saturated carbocycles. The third-order valence-corrected chi connectivity index (χ3v) is 4.09. The molecule has 4 heteroatoms. The summed E-state index contributed by atoms with van der Waals surface area (Å²) in [6, 6.07) is 0.393. The third kappa shape index (κ3) is 2.51. The Morgan fingerprint density at radius 3 is 2.71 bits per heavy atom. The van der Waals surface area contributed by atoms with Gasteiger partial charge in [-0.25, -0.2) is 0 Å². The zero-order valence-corrected chi connectivity index (χ0v) is 11.2. The number of rotatable bonds is 5. The van der Waals surface area contributed by atoms with Crippen LogP contribution in [0.2, 0.25) is 0 Å². The normalized spacial score (nSPS) is 20.6. The standard InChI is InChI=1S/C13H24N4/c1-4-9-14-12(11-10-15-16-17(11)3)13(2)7-5-6-8-13/h10,12,14H,4-9H2,1-3H3. The molecule has 1 unspecified atom stereocenters. The molecule has 1 aromatic rings. The number of hydrogen-bond acceptors (Lipinski definition) is 3. The van der Waals surface area contributed by atoms with Crippen LogP contribution in [0.25, 0.3) is 0 Å². The molecule has 0 spiro atoms. The van der Waals surface area contributed by atoms with E-state index in [1.54, 1.807) is 0 Å². The fourth-order valence-electron chi connectivity index (χ4n) is 3.03. The van der Waals surface area contributed by atoms with Gasteiger partial charge < -0.3 is 5.32 Å². The minimum Gasteiger partial charge on any atom is -0.308 e. The molecule has 1 heterocycles. The number of aryl methyl sites for hydroxylation is 1. The van der Waals surface area contributed by atoms with Gasteiger partial charge in [-0.15, -0.1) is 5.10 Å². The predicted molar refractivity (Wildman–Crippen MR) is 68.6 cm³/mol. The van der Waals surface area contributed by atoms with E-state index in [0.29, 0.717) is 11.5 Å².